The molecule has 1 unspecified atom stereocenters. The van der Waals surface area contributed by atoms with Crippen molar-refractivity contribution in [3.05, 3.63) is 108 Å². The standard InChI is InChI=1S/C29H31N7O2/c37-29(33-38)24-5-1-22(2-6-24)18-35-14-11-25-15-26(16-30-28(25)35)23-9-12-34(13-10-23)17-21-3-7-27(8-4-21)36-19-31-32-20-36/h1-8,11,14-16,19-20,23,29,33,37-38H,9-10,12-13,17-18H2. The highest BCUT2D eigenvalue weighted by molar-refractivity contribution is 5.77. The average molecular weight is 510 g/mol. The number of aliphatic hydroxyl groups excluding tert-OH is 1. The highest BCUT2D eigenvalue weighted by atomic mass is 16.5. The molecule has 1 aliphatic heterocycles. The van der Waals surface area contributed by atoms with Gasteiger partial charge in [-0.05, 0) is 78.4 Å². The Labute approximate surface area is 221 Å². The molecule has 0 spiro atoms. The van der Waals surface area contributed by atoms with Crippen LogP contribution in [-0.4, -0.2) is 52.6 Å². The van der Waals surface area contributed by atoms with E-state index in [1.807, 2.05) is 22.2 Å². The van der Waals surface area contributed by atoms with Crippen molar-refractivity contribution in [2.75, 3.05) is 13.1 Å². The number of aromatic nitrogens is 5. The number of hydrogen-bond donors (Lipinski definition) is 3. The molecule has 0 saturated carbocycles. The Balaban J connectivity index is 1.06. The van der Waals surface area contributed by atoms with E-state index in [0.29, 0.717) is 18.0 Å². The molecule has 5 aromatic rings. The predicted molar refractivity (Wildman–Crippen MR) is 144 cm³/mol. The summed E-state index contributed by atoms with van der Waals surface area (Å²) in [6, 6.07) is 20.6. The minimum absolute atomic E-state index is 0.529. The summed E-state index contributed by atoms with van der Waals surface area (Å²) in [6.45, 7) is 3.81. The third-order valence-corrected chi connectivity index (χ3v) is 7.51. The van der Waals surface area contributed by atoms with Crippen LogP contribution in [0.1, 0.15) is 47.2 Å². The molecule has 0 radical (unpaired) electrons. The van der Waals surface area contributed by atoms with E-state index >= 15 is 0 Å². The molecule has 2 aromatic carbocycles. The minimum Gasteiger partial charge on any atom is -0.372 e. The molecule has 3 aromatic heterocycles. The average Bonchev–Trinajstić information content (AvgIpc) is 3.64. The van der Waals surface area contributed by atoms with Gasteiger partial charge < -0.3 is 14.9 Å². The predicted octanol–water partition coefficient (Wildman–Crippen LogP) is 4.01. The van der Waals surface area contributed by atoms with Crippen LogP contribution in [0.2, 0.25) is 0 Å². The third-order valence-electron chi connectivity index (χ3n) is 7.51. The maximum absolute atomic E-state index is 9.69. The van der Waals surface area contributed by atoms with Gasteiger partial charge in [-0.1, -0.05) is 36.4 Å². The van der Waals surface area contributed by atoms with Crippen molar-refractivity contribution >= 4 is 11.0 Å². The summed E-state index contributed by atoms with van der Waals surface area (Å²) in [5.41, 5.74) is 8.26. The number of hydrogen-bond acceptors (Lipinski definition) is 7. The fourth-order valence-corrected chi connectivity index (χ4v) is 5.31. The zero-order valence-electron chi connectivity index (χ0n) is 21.1. The van der Waals surface area contributed by atoms with Crippen LogP contribution in [0.15, 0.2) is 85.7 Å². The zero-order valence-corrected chi connectivity index (χ0v) is 21.1. The van der Waals surface area contributed by atoms with E-state index in [4.69, 9.17) is 10.2 Å². The molecule has 38 heavy (non-hydrogen) atoms. The first-order valence-corrected chi connectivity index (χ1v) is 12.9. The normalized spacial score (nSPS) is 15.7. The summed E-state index contributed by atoms with van der Waals surface area (Å²) in [6.07, 6.45) is 8.74. The van der Waals surface area contributed by atoms with E-state index in [-0.39, 0.29) is 0 Å². The van der Waals surface area contributed by atoms with Gasteiger partial charge >= 0.3 is 0 Å². The molecule has 1 fully saturated rings. The first-order valence-electron chi connectivity index (χ1n) is 12.9. The molecule has 1 aliphatic rings. The van der Waals surface area contributed by atoms with Gasteiger partial charge in [-0.25, -0.2) is 4.98 Å². The summed E-state index contributed by atoms with van der Waals surface area (Å²) < 4.78 is 4.06. The minimum atomic E-state index is -1.08. The molecule has 0 bridgehead atoms. The molecule has 1 atom stereocenters. The number of benzene rings is 2. The van der Waals surface area contributed by atoms with Crippen LogP contribution < -0.4 is 5.48 Å². The molecule has 0 amide bonds. The Morgan fingerprint density at radius 1 is 0.895 bits per heavy atom. The number of nitrogens with one attached hydrogen (secondary N) is 1. The second-order valence-corrected chi connectivity index (χ2v) is 9.98. The molecule has 4 heterocycles. The van der Waals surface area contributed by atoms with Gasteiger partial charge in [0.15, 0.2) is 6.23 Å². The van der Waals surface area contributed by atoms with Gasteiger partial charge in [-0.3, -0.25) is 9.47 Å². The molecular formula is C29H31N7O2. The van der Waals surface area contributed by atoms with Crippen LogP contribution in [0.5, 0.6) is 0 Å². The summed E-state index contributed by atoms with van der Waals surface area (Å²) in [7, 11) is 0. The van der Waals surface area contributed by atoms with Crippen molar-refractivity contribution in [1.29, 1.82) is 0 Å². The van der Waals surface area contributed by atoms with Crippen molar-refractivity contribution in [3.8, 4) is 5.69 Å². The van der Waals surface area contributed by atoms with Gasteiger partial charge in [0.2, 0.25) is 0 Å². The molecule has 1 saturated heterocycles. The first-order chi connectivity index (χ1) is 18.7. The van der Waals surface area contributed by atoms with Gasteiger partial charge in [-0.2, -0.15) is 5.48 Å². The summed E-state index contributed by atoms with van der Waals surface area (Å²) in [5.74, 6) is 0.529. The van der Waals surface area contributed by atoms with E-state index < -0.39 is 6.23 Å². The number of fused-ring (bicyclic) bond motifs is 1. The van der Waals surface area contributed by atoms with Crippen LogP contribution >= 0.6 is 0 Å². The van der Waals surface area contributed by atoms with Crippen LogP contribution in [0.4, 0.5) is 0 Å². The van der Waals surface area contributed by atoms with E-state index in [9.17, 15) is 5.11 Å². The second kappa shape index (κ2) is 10.8. The topological polar surface area (TPSA) is 104 Å². The highest BCUT2D eigenvalue weighted by Gasteiger charge is 2.21. The molecule has 9 heteroatoms. The summed E-state index contributed by atoms with van der Waals surface area (Å²) in [4.78, 5) is 7.38. The number of aliphatic hydroxyl groups is 1. The molecular weight excluding hydrogens is 478 g/mol. The monoisotopic (exact) mass is 509 g/mol. The SMILES string of the molecule is ONC(O)c1ccc(Cn2ccc3cc(C4CCN(Cc5ccc(-n6cnnc6)cc5)CC4)cnc32)cc1. The lowest BCUT2D eigenvalue weighted by molar-refractivity contribution is 0.000692. The number of likely N-dealkylation sites (tertiary alicyclic amines) is 1. The lowest BCUT2D eigenvalue weighted by atomic mass is 9.90. The van der Waals surface area contributed by atoms with E-state index in [0.717, 1.165) is 54.8 Å². The maximum atomic E-state index is 9.69. The van der Waals surface area contributed by atoms with Crippen molar-refractivity contribution in [1.82, 2.24) is 34.7 Å². The van der Waals surface area contributed by atoms with Crippen LogP contribution in [0.25, 0.3) is 16.7 Å². The van der Waals surface area contributed by atoms with Gasteiger partial charge in [0.1, 0.15) is 18.3 Å². The Morgan fingerprint density at radius 3 is 2.29 bits per heavy atom. The molecule has 9 nitrogen and oxygen atoms in total. The quantitative estimate of drug-likeness (QED) is 0.214. The maximum Gasteiger partial charge on any atom is 0.152 e. The number of nitrogens with zero attached hydrogens (tertiary/aromatic N) is 6. The zero-order chi connectivity index (χ0) is 25.9. The number of rotatable bonds is 8. The fraction of sp³-hybridized carbons (Fsp3) is 0.276. The molecule has 0 aliphatic carbocycles. The Morgan fingerprint density at radius 2 is 1.58 bits per heavy atom. The Hall–Kier alpha value is -3.89. The lowest BCUT2D eigenvalue weighted by Crippen LogP contribution is -2.32. The summed E-state index contributed by atoms with van der Waals surface area (Å²) >= 11 is 0. The van der Waals surface area contributed by atoms with Crippen molar-refractivity contribution in [2.24, 2.45) is 0 Å². The Bertz CT molecular complexity index is 1470. The van der Waals surface area contributed by atoms with Crippen molar-refractivity contribution in [2.45, 2.75) is 38.1 Å². The number of piperidine rings is 1. The molecule has 3 N–H and O–H groups in total. The summed E-state index contributed by atoms with van der Waals surface area (Å²) in [5, 5.41) is 27.5. The third kappa shape index (κ3) is 5.23. The van der Waals surface area contributed by atoms with E-state index in [2.05, 4.69) is 68.5 Å². The van der Waals surface area contributed by atoms with Crippen LogP contribution in [0.3, 0.4) is 0 Å². The number of pyridine rings is 1. The molecule has 6 rings (SSSR count). The van der Waals surface area contributed by atoms with Gasteiger partial charge in [0, 0.05) is 36.6 Å². The highest BCUT2D eigenvalue weighted by Crippen LogP contribution is 2.30. The van der Waals surface area contributed by atoms with Gasteiger partial charge in [0.05, 0.1) is 0 Å². The Kier molecular flexibility index (Phi) is 6.98. The fourth-order valence-electron chi connectivity index (χ4n) is 5.31. The largest absolute Gasteiger partial charge is 0.372 e. The van der Waals surface area contributed by atoms with E-state index in [1.165, 1.54) is 11.1 Å². The van der Waals surface area contributed by atoms with Crippen molar-refractivity contribution < 1.29 is 10.3 Å². The van der Waals surface area contributed by atoms with Gasteiger partial charge in [-0.15, -0.1) is 10.2 Å². The van der Waals surface area contributed by atoms with Gasteiger partial charge in [0.25, 0.3) is 0 Å². The molecule has 194 valence electrons. The second-order valence-electron chi connectivity index (χ2n) is 9.98. The number of hydroxylamine groups is 1. The van der Waals surface area contributed by atoms with E-state index in [1.54, 1.807) is 24.8 Å². The van der Waals surface area contributed by atoms with Crippen LogP contribution in [0, 0.1) is 0 Å². The van der Waals surface area contributed by atoms with Crippen LogP contribution in [-0.2, 0) is 13.1 Å². The lowest BCUT2D eigenvalue weighted by Gasteiger charge is -2.32. The smallest absolute Gasteiger partial charge is 0.152 e. The van der Waals surface area contributed by atoms with Crippen molar-refractivity contribution in [3.63, 3.8) is 0 Å². The first kappa shape index (κ1) is 24.4.